The highest BCUT2D eigenvalue weighted by Crippen LogP contribution is 2.36. The number of nitrogens with zero attached hydrogens (tertiary/aromatic N) is 3. The lowest BCUT2D eigenvalue weighted by molar-refractivity contribution is -0.139. The van der Waals surface area contributed by atoms with E-state index in [4.69, 9.17) is 11.6 Å². The van der Waals surface area contributed by atoms with Gasteiger partial charge in [-0.25, -0.2) is 0 Å². The van der Waals surface area contributed by atoms with Gasteiger partial charge >= 0.3 is 0 Å². The molecular weight excluding hydrogens is 594 g/mol. The molecule has 3 unspecified atom stereocenters. The molecule has 0 radical (unpaired) electrons. The molecule has 0 aromatic heterocycles. The molecule has 2 amide bonds. The summed E-state index contributed by atoms with van der Waals surface area (Å²) in [5.41, 5.74) is 3.65. The van der Waals surface area contributed by atoms with Crippen molar-refractivity contribution >= 4 is 23.4 Å². The summed E-state index contributed by atoms with van der Waals surface area (Å²) >= 11 is 6.13. The van der Waals surface area contributed by atoms with Gasteiger partial charge in [-0.05, 0) is 84.3 Å². The zero-order valence-electron chi connectivity index (χ0n) is 29.7. The quantitative estimate of drug-likeness (QED) is 0.239. The number of carbonyl (C=O) groups is 2. The maximum absolute atomic E-state index is 14.0. The number of benzene rings is 1. The van der Waals surface area contributed by atoms with Gasteiger partial charge in [-0.3, -0.25) is 14.5 Å². The highest BCUT2D eigenvalue weighted by atomic mass is 35.5. The van der Waals surface area contributed by atoms with Crippen LogP contribution in [0.2, 0.25) is 5.02 Å². The number of amides is 2. The summed E-state index contributed by atoms with van der Waals surface area (Å²) in [5.74, 6) is 0.740. The molecule has 1 aromatic rings. The Morgan fingerprint density at radius 3 is 2.33 bits per heavy atom. The molecule has 2 heterocycles. The van der Waals surface area contributed by atoms with Gasteiger partial charge in [0.2, 0.25) is 11.8 Å². The van der Waals surface area contributed by atoms with Gasteiger partial charge in [0.1, 0.15) is 6.04 Å². The molecule has 2 fully saturated rings. The summed E-state index contributed by atoms with van der Waals surface area (Å²) in [6.07, 6.45) is 11.8. The SMILES string of the molecule is C=CC.CCN(C)CCC(C)(CC1CCCCC1)N1CCN(C(=O)C(Cc2ccc(Cl)cc2)NC(=O)CC2NCC(C)=C2C)CC1. The highest BCUT2D eigenvalue weighted by molar-refractivity contribution is 6.30. The fourth-order valence-corrected chi connectivity index (χ4v) is 7.39. The van der Waals surface area contributed by atoms with Crippen LogP contribution in [0.5, 0.6) is 0 Å². The molecule has 2 N–H and O–H groups in total. The van der Waals surface area contributed by atoms with Crippen LogP contribution in [-0.4, -0.2) is 97.0 Å². The minimum absolute atomic E-state index is 0.0190. The largest absolute Gasteiger partial charge is 0.344 e. The molecule has 1 saturated heterocycles. The third kappa shape index (κ3) is 11.5. The van der Waals surface area contributed by atoms with Gasteiger partial charge in [0, 0.05) is 62.2 Å². The van der Waals surface area contributed by atoms with Crippen LogP contribution in [0.25, 0.3) is 0 Å². The van der Waals surface area contributed by atoms with Crippen LogP contribution < -0.4 is 10.6 Å². The van der Waals surface area contributed by atoms with E-state index in [1.165, 1.54) is 49.7 Å². The third-order valence-electron chi connectivity index (χ3n) is 10.6. The first-order chi connectivity index (χ1) is 22.0. The Hall–Kier alpha value is -2.19. The second-order valence-corrected chi connectivity index (χ2v) is 14.6. The van der Waals surface area contributed by atoms with Crippen molar-refractivity contribution in [2.45, 2.75) is 110 Å². The van der Waals surface area contributed by atoms with Crippen LogP contribution in [0.15, 0.2) is 48.1 Å². The summed E-state index contributed by atoms with van der Waals surface area (Å²) in [5, 5.41) is 7.22. The van der Waals surface area contributed by atoms with Crippen molar-refractivity contribution in [3.63, 3.8) is 0 Å². The lowest BCUT2D eigenvalue weighted by Crippen LogP contribution is -2.60. The second-order valence-electron chi connectivity index (χ2n) is 14.1. The number of hydrogen-bond donors (Lipinski definition) is 2. The van der Waals surface area contributed by atoms with Gasteiger partial charge in [0.15, 0.2) is 0 Å². The molecule has 46 heavy (non-hydrogen) atoms. The number of hydrogen-bond acceptors (Lipinski definition) is 5. The normalized spacial score (nSPS) is 21.4. The Labute approximate surface area is 285 Å². The van der Waals surface area contributed by atoms with Gasteiger partial charge in [-0.1, -0.05) is 80.0 Å². The average Bonchev–Trinajstić information content (AvgIpc) is 3.37. The van der Waals surface area contributed by atoms with Gasteiger partial charge < -0.3 is 20.4 Å². The van der Waals surface area contributed by atoms with Gasteiger partial charge in [-0.2, -0.15) is 0 Å². The number of nitrogens with one attached hydrogen (secondary N) is 2. The Bertz CT molecular complexity index is 1140. The van der Waals surface area contributed by atoms with Crippen LogP contribution in [-0.2, 0) is 16.0 Å². The molecule has 1 aromatic carbocycles. The number of carbonyl (C=O) groups excluding carboxylic acids is 2. The van der Waals surface area contributed by atoms with Gasteiger partial charge in [0.25, 0.3) is 0 Å². The predicted octanol–water partition coefficient (Wildman–Crippen LogP) is 6.47. The molecule has 0 spiro atoms. The van der Waals surface area contributed by atoms with Crippen molar-refractivity contribution in [1.29, 1.82) is 0 Å². The van der Waals surface area contributed by atoms with Crippen LogP contribution in [0.4, 0.5) is 0 Å². The average molecular weight is 656 g/mol. The van der Waals surface area contributed by atoms with E-state index in [1.54, 1.807) is 6.08 Å². The fourth-order valence-electron chi connectivity index (χ4n) is 7.27. The zero-order chi connectivity index (χ0) is 33.7. The monoisotopic (exact) mass is 655 g/mol. The first-order valence-corrected chi connectivity index (χ1v) is 18.1. The van der Waals surface area contributed by atoms with Crippen LogP contribution in [0.3, 0.4) is 0 Å². The molecular formula is C38H62ClN5O2. The molecule has 258 valence electrons. The van der Waals surface area contributed by atoms with Crippen molar-refractivity contribution < 1.29 is 9.59 Å². The van der Waals surface area contributed by atoms with E-state index in [9.17, 15) is 9.59 Å². The van der Waals surface area contributed by atoms with Crippen molar-refractivity contribution in [1.82, 2.24) is 25.3 Å². The maximum atomic E-state index is 14.0. The van der Waals surface area contributed by atoms with Crippen molar-refractivity contribution in [3.05, 3.63) is 58.7 Å². The van der Waals surface area contributed by atoms with Crippen molar-refractivity contribution in [2.24, 2.45) is 5.92 Å². The van der Waals surface area contributed by atoms with E-state index >= 15 is 0 Å². The second kappa shape index (κ2) is 19.0. The summed E-state index contributed by atoms with van der Waals surface area (Å²) < 4.78 is 0. The van der Waals surface area contributed by atoms with E-state index < -0.39 is 6.04 Å². The maximum Gasteiger partial charge on any atom is 0.245 e. The Morgan fingerprint density at radius 2 is 1.76 bits per heavy atom. The predicted molar refractivity (Wildman–Crippen MR) is 193 cm³/mol. The molecule has 1 aliphatic carbocycles. The highest BCUT2D eigenvalue weighted by Gasteiger charge is 2.38. The van der Waals surface area contributed by atoms with Gasteiger partial charge in [0.05, 0.1) is 0 Å². The molecule has 1 saturated carbocycles. The number of piperazine rings is 1. The Kier molecular flexibility index (Phi) is 15.8. The van der Waals surface area contributed by atoms with E-state index in [0.29, 0.717) is 31.0 Å². The van der Waals surface area contributed by atoms with Crippen molar-refractivity contribution in [3.8, 4) is 0 Å². The topological polar surface area (TPSA) is 67.9 Å². The van der Waals surface area contributed by atoms with E-state index in [0.717, 1.165) is 50.6 Å². The summed E-state index contributed by atoms with van der Waals surface area (Å²) in [7, 11) is 2.22. The molecule has 0 bridgehead atoms. The minimum Gasteiger partial charge on any atom is -0.344 e. The lowest BCUT2D eigenvalue weighted by Gasteiger charge is -2.48. The number of rotatable bonds is 13. The summed E-state index contributed by atoms with van der Waals surface area (Å²) in [6.45, 7) is 20.3. The van der Waals surface area contributed by atoms with Crippen LogP contribution in [0, 0.1) is 5.92 Å². The zero-order valence-corrected chi connectivity index (χ0v) is 30.4. The minimum atomic E-state index is -0.598. The molecule has 3 aliphatic rings. The van der Waals surface area contributed by atoms with E-state index in [-0.39, 0.29) is 23.4 Å². The summed E-state index contributed by atoms with van der Waals surface area (Å²) in [6, 6.07) is 7.03. The molecule has 8 heteroatoms. The third-order valence-corrected chi connectivity index (χ3v) is 10.8. The number of halogens is 1. The smallest absolute Gasteiger partial charge is 0.245 e. The Morgan fingerprint density at radius 1 is 1.13 bits per heavy atom. The molecule has 3 atom stereocenters. The standard InChI is InChI=1S/C35H56ClN5O2.C3H6/c1-6-39(5)17-16-35(4,24-29-10-8-7-9-11-29)41-20-18-40(19-21-41)34(43)32(22-28-12-14-30(36)15-13-28)38-33(42)23-31-27(3)26(2)25-37-31;1-3-2/h12-15,29,31-32,37H,6-11,16-25H2,1-5H3,(H,38,42);3H,1H2,2H3. The number of allylic oxidation sites excluding steroid dienone is 1. The van der Waals surface area contributed by atoms with Crippen molar-refractivity contribution in [2.75, 3.05) is 52.9 Å². The first kappa shape index (κ1) is 38.3. The summed E-state index contributed by atoms with van der Waals surface area (Å²) in [4.78, 5) is 34.3. The first-order valence-electron chi connectivity index (χ1n) is 17.7. The van der Waals surface area contributed by atoms with Crippen LogP contribution in [0.1, 0.15) is 91.5 Å². The van der Waals surface area contributed by atoms with Gasteiger partial charge in [-0.15, -0.1) is 6.58 Å². The lowest BCUT2D eigenvalue weighted by atomic mass is 9.77. The van der Waals surface area contributed by atoms with Crippen LogP contribution >= 0.6 is 11.6 Å². The van der Waals surface area contributed by atoms with E-state index in [2.05, 4.69) is 61.8 Å². The fraction of sp³-hybridized carbons (Fsp3) is 0.684. The Balaban J connectivity index is 0.00000185. The molecule has 4 rings (SSSR count). The molecule has 2 aliphatic heterocycles. The molecule has 7 nitrogen and oxygen atoms in total. The van der Waals surface area contributed by atoms with E-state index in [1.807, 2.05) is 36.1 Å².